The third kappa shape index (κ3) is 2.07. The molecule has 0 saturated carbocycles. The summed E-state index contributed by atoms with van der Waals surface area (Å²) in [4.78, 5) is 0. The zero-order chi connectivity index (χ0) is 7.72. The first-order valence-electron chi connectivity index (χ1n) is 2.83. The summed E-state index contributed by atoms with van der Waals surface area (Å²) in [7, 11) is 0. The molecule has 0 aliphatic carbocycles. The highest BCUT2D eigenvalue weighted by molar-refractivity contribution is 9.10. The van der Waals surface area contributed by atoms with Gasteiger partial charge in [0.05, 0.1) is 5.69 Å². The van der Waals surface area contributed by atoms with Gasteiger partial charge in [-0.25, -0.2) is 4.39 Å². The first-order chi connectivity index (χ1) is 4.63. The Morgan fingerprint density at radius 1 is 1.45 bits per heavy atom. The molecule has 0 radical (unpaired) electrons. The molecule has 0 unspecified atom stereocenters. The molecule has 0 atom stereocenters. The maximum absolute atomic E-state index is 12.8. The fraction of sp³-hybridized carbons (Fsp3) is 0.143. The van der Waals surface area contributed by atoms with Gasteiger partial charge >= 0.3 is 0 Å². The highest BCUT2D eigenvalue weighted by atomic mass is 79.9. The van der Waals surface area contributed by atoms with Crippen LogP contribution >= 0.6 is 28.3 Å². The fourth-order valence-corrected chi connectivity index (χ4v) is 0.985. The molecule has 1 nitrogen and oxygen atoms in total. The molecular formula is C7H8BrClFN. The Labute approximate surface area is 79.3 Å². The quantitative estimate of drug-likeness (QED) is 0.693. The van der Waals surface area contributed by atoms with Crippen molar-refractivity contribution in [2.24, 2.45) is 0 Å². The summed E-state index contributed by atoms with van der Waals surface area (Å²) in [6, 6.07) is 3.41. The van der Waals surface area contributed by atoms with Crippen LogP contribution in [0.3, 0.4) is 0 Å². The van der Waals surface area contributed by atoms with Gasteiger partial charge in [-0.3, -0.25) is 0 Å². The molecule has 0 aliphatic heterocycles. The molecule has 62 valence electrons. The minimum atomic E-state index is -0.339. The van der Waals surface area contributed by atoms with Gasteiger partial charge in [-0.15, -0.1) is 12.4 Å². The van der Waals surface area contributed by atoms with Crippen molar-refractivity contribution in [1.29, 1.82) is 0 Å². The summed E-state index contributed by atoms with van der Waals surface area (Å²) in [5, 5.41) is 0. The SMILES string of the molecule is Cc1ccc(Br)c(N)c1F.Cl. The van der Waals surface area contributed by atoms with Crippen molar-refractivity contribution in [2.75, 3.05) is 5.73 Å². The van der Waals surface area contributed by atoms with Crippen LogP contribution in [0.15, 0.2) is 16.6 Å². The number of nitrogen functional groups attached to an aromatic ring is 1. The van der Waals surface area contributed by atoms with Gasteiger partial charge in [0, 0.05) is 4.47 Å². The number of benzene rings is 1. The zero-order valence-electron chi connectivity index (χ0n) is 5.90. The summed E-state index contributed by atoms with van der Waals surface area (Å²) in [6.07, 6.45) is 0. The Hall–Kier alpha value is -0.280. The van der Waals surface area contributed by atoms with Crippen LogP contribution in [0, 0.1) is 12.7 Å². The highest BCUT2D eigenvalue weighted by Gasteiger charge is 2.03. The molecule has 0 bridgehead atoms. The van der Waals surface area contributed by atoms with E-state index in [9.17, 15) is 4.39 Å². The molecule has 1 rings (SSSR count). The monoisotopic (exact) mass is 239 g/mol. The van der Waals surface area contributed by atoms with E-state index in [4.69, 9.17) is 5.73 Å². The van der Waals surface area contributed by atoms with Crippen LogP contribution in [0.5, 0.6) is 0 Å². The molecule has 0 saturated heterocycles. The molecule has 1 aromatic rings. The van der Waals surface area contributed by atoms with Gasteiger partial charge < -0.3 is 5.73 Å². The molecule has 0 aromatic heterocycles. The smallest absolute Gasteiger partial charge is 0.150 e. The first-order valence-corrected chi connectivity index (χ1v) is 3.62. The highest BCUT2D eigenvalue weighted by Crippen LogP contribution is 2.23. The third-order valence-electron chi connectivity index (χ3n) is 1.32. The largest absolute Gasteiger partial charge is 0.395 e. The zero-order valence-corrected chi connectivity index (χ0v) is 8.30. The molecule has 0 aliphatic rings. The van der Waals surface area contributed by atoms with E-state index < -0.39 is 0 Å². The van der Waals surface area contributed by atoms with Crippen LogP contribution in [0.4, 0.5) is 10.1 Å². The van der Waals surface area contributed by atoms with Gasteiger partial charge in [-0.05, 0) is 34.5 Å². The van der Waals surface area contributed by atoms with E-state index in [1.807, 2.05) is 0 Å². The molecule has 1 aromatic carbocycles. The molecular weight excluding hydrogens is 232 g/mol. The van der Waals surface area contributed by atoms with Crippen molar-refractivity contribution in [3.8, 4) is 0 Å². The summed E-state index contributed by atoms with van der Waals surface area (Å²) in [5.41, 5.74) is 6.11. The van der Waals surface area contributed by atoms with Crippen molar-refractivity contribution in [3.05, 3.63) is 28.0 Å². The van der Waals surface area contributed by atoms with Gasteiger partial charge in [0.2, 0.25) is 0 Å². The number of halogens is 3. The molecule has 11 heavy (non-hydrogen) atoms. The van der Waals surface area contributed by atoms with Gasteiger partial charge in [-0.2, -0.15) is 0 Å². The van der Waals surface area contributed by atoms with Crippen molar-refractivity contribution < 1.29 is 4.39 Å². The summed E-state index contributed by atoms with van der Waals surface area (Å²) in [5.74, 6) is -0.339. The minimum Gasteiger partial charge on any atom is -0.395 e. The second-order valence-corrected chi connectivity index (χ2v) is 2.95. The minimum absolute atomic E-state index is 0. The fourth-order valence-electron chi connectivity index (χ4n) is 0.678. The number of nitrogens with two attached hydrogens (primary N) is 1. The molecule has 0 spiro atoms. The van der Waals surface area contributed by atoms with E-state index in [2.05, 4.69) is 15.9 Å². The van der Waals surface area contributed by atoms with E-state index >= 15 is 0 Å². The first kappa shape index (κ1) is 10.7. The lowest BCUT2D eigenvalue weighted by atomic mass is 10.2. The molecule has 2 N–H and O–H groups in total. The predicted octanol–water partition coefficient (Wildman–Crippen LogP) is 2.90. The van der Waals surface area contributed by atoms with Crippen molar-refractivity contribution >= 4 is 34.0 Å². The lowest BCUT2D eigenvalue weighted by molar-refractivity contribution is 0.622. The average Bonchev–Trinajstić information content (AvgIpc) is 1.93. The average molecular weight is 241 g/mol. The predicted molar refractivity (Wildman–Crippen MR) is 50.5 cm³/mol. The van der Waals surface area contributed by atoms with Crippen molar-refractivity contribution in [1.82, 2.24) is 0 Å². The van der Waals surface area contributed by atoms with Crippen LogP contribution < -0.4 is 5.73 Å². The number of rotatable bonds is 0. The van der Waals surface area contributed by atoms with Crippen LogP contribution in [0.1, 0.15) is 5.56 Å². The van der Waals surface area contributed by atoms with Gasteiger partial charge in [-0.1, -0.05) is 6.07 Å². The normalized spacial score (nSPS) is 9.00. The maximum atomic E-state index is 12.8. The van der Waals surface area contributed by atoms with E-state index in [1.165, 1.54) is 0 Å². The van der Waals surface area contributed by atoms with Crippen LogP contribution in [-0.4, -0.2) is 0 Å². The lowest BCUT2D eigenvalue weighted by Crippen LogP contribution is -1.93. The van der Waals surface area contributed by atoms with Crippen molar-refractivity contribution in [3.63, 3.8) is 0 Å². The van der Waals surface area contributed by atoms with Crippen LogP contribution in [0.25, 0.3) is 0 Å². The van der Waals surface area contributed by atoms with Gasteiger partial charge in [0.15, 0.2) is 0 Å². The Morgan fingerprint density at radius 3 is 2.45 bits per heavy atom. The summed E-state index contributed by atoms with van der Waals surface area (Å²) >= 11 is 3.12. The molecule has 0 fully saturated rings. The number of hydrogen-bond acceptors (Lipinski definition) is 1. The van der Waals surface area contributed by atoms with E-state index in [-0.39, 0.29) is 23.9 Å². The summed E-state index contributed by atoms with van der Waals surface area (Å²) < 4.78 is 13.4. The standard InChI is InChI=1S/C7H7BrFN.ClH/c1-4-2-3-5(8)7(10)6(4)9;/h2-3H,10H2,1H3;1H. The Balaban J connectivity index is 0.000001000. The third-order valence-corrected chi connectivity index (χ3v) is 2.01. The van der Waals surface area contributed by atoms with Crippen molar-refractivity contribution in [2.45, 2.75) is 6.92 Å². The second kappa shape index (κ2) is 3.93. The number of anilines is 1. The Bertz CT molecular complexity index is 238. The molecule has 0 amide bonds. The lowest BCUT2D eigenvalue weighted by Gasteiger charge is -2.01. The maximum Gasteiger partial charge on any atom is 0.150 e. The number of hydrogen-bond donors (Lipinski definition) is 1. The van der Waals surface area contributed by atoms with Crippen LogP contribution in [0.2, 0.25) is 0 Å². The van der Waals surface area contributed by atoms with E-state index in [0.29, 0.717) is 10.0 Å². The molecule has 0 heterocycles. The second-order valence-electron chi connectivity index (χ2n) is 2.09. The van der Waals surface area contributed by atoms with Gasteiger partial charge in [0.25, 0.3) is 0 Å². The molecule has 4 heteroatoms. The summed E-state index contributed by atoms with van der Waals surface area (Å²) in [6.45, 7) is 1.68. The van der Waals surface area contributed by atoms with E-state index in [0.717, 1.165) is 0 Å². The van der Waals surface area contributed by atoms with E-state index in [1.54, 1.807) is 19.1 Å². The Kier molecular flexibility index (Phi) is 3.83. The Morgan fingerprint density at radius 2 is 2.00 bits per heavy atom. The number of aryl methyl sites for hydroxylation is 1. The van der Waals surface area contributed by atoms with Gasteiger partial charge in [0.1, 0.15) is 5.82 Å². The topological polar surface area (TPSA) is 26.0 Å². The van der Waals surface area contributed by atoms with Crippen LogP contribution in [-0.2, 0) is 0 Å².